The van der Waals surface area contributed by atoms with Crippen molar-refractivity contribution in [1.82, 2.24) is 0 Å². The van der Waals surface area contributed by atoms with E-state index in [0.717, 1.165) is 0 Å². The molecule has 0 aliphatic heterocycles. The summed E-state index contributed by atoms with van der Waals surface area (Å²) in [6, 6.07) is 5.81. The number of carboxylic acids is 1. The summed E-state index contributed by atoms with van der Waals surface area (Å²) in [5.41, 5.74) is -0.635. The van der Waals surface area contributed by atoms with E-state index < -0.39 is 34.7 Å². The van der Waals surface area contributed by atoms with Crippen LogP contribution in [-0.4, -0.2) is 33.5 Å². The minimum atomic E-state index is -1.38. The number of carbonyl (C=O) groups is 4. The zero-order valence-corrected chi connectivity index (χ0v) is 9.99. The van der Waals surface area contributed by atoms with Gasteiger partial charge in [0.05, 0.1) is 0 Å². The number of fused-ring (bicyclic) bond motifs is 1. The van der Waals surface area contributed by atoms with Gasteiger partial charge in [0.2, 0.25) is 11.6 Å². The van der Waals surface area contributed by atoms with Crippen molar-refractivity contribution in [3.05, 3.63) is 53.1 Å². The highest BCUT2D eigenvalue weighted by Crippen LogP contribution is 2.28. The zero-order chi connectivity index (χ0) is 14.9. The number of ketones is 3. The van der Waals surface area contributed by atoms with Crippen LogP contribution >= 0.6 is 0 Å². The van der Waals surface area contributed by atoms with Crippen LogP contribution in [0.2, 0.25) is 0 Å². The number of aliphatic hydroxyl groups excluding tert-OH is 1. The number of carbonyl (C=O) groups excluding carboxylic acids is 3. The fourth-order valence-electron chi connectivity index (χ4n) is 1.82. The third-order valence-electron chi connectivity index (χ3n) is 2.72. The molecule has 1 aliphatic rings. The van der Waals surface area contributed by atoms with Gasteiger partial charge in [0.15, 0.2) is 5.78 Å². The molecule has 20 heavy (non-hydrogen) atoms. The van der Waals surface area contributed by atoms with Crippen molar-refractivity contribution in [1.29, 1.82) is 0 Å². The normalized spacial score (nSPS) is 14.6. The number of rotatable bonds is 3. The van der Waals surface area contributed by atoms with E-state index >= 15 is 0 Å². The van der Waals surface area contributed by atoms with Crippen LogP contribution in [-0.2, 0) is 14.4 Å². The van der Waals surface area contributed by atoms with Gasteiger partial charge in [-0.15, -0.1) is 0 Å². The van der Waals surface area contributed by atoms with E-state index in [4.69, 9.17) is 5.11 Å². The lowest BCUT2D eigenvalue weighted by atomic mass is 9.86. The molecule has 0 amide bonds. The van der Waals surface area contributed by atoms with Gasteiger partial charge in [0, 0.05) is 17.2 Å². The van der Waals surface area contributed by atoms with Gasteiger partial charge in [-0.05, 0) is 6.08 Å². The van der Waals surface area contributed by atoms with Crippen molar-refractivity contribution in [2.75, 3.05) is 0 Å². The molecule has 6 heteroatoms. The lowest BCUT2D eigenvalue weighted by Crippen LogP contribution is -2.27. The molecule has 0 fully saturated rings. The number of aliphatic hydroxyl groups is 1. The first-order valence-electron chi connectivity index (χ1n) is 5.50. The standard InChI is InChI=1S/C14H8O6/c15-9(5-6-10(16)17)11-12(18)7-3-1-2-4-8(7)13(19)14(11)20/h1-6,18H,(H,16,17)/b6-5+. The van der Waals surface area contributed by atoms with E-state index in [9.17, 15) is 24.3 Å². The highest BCUT2D eigenvalue weighted by molar-refractivity contribution is 6.58. The van der Waals surface area contributed by atoms with Gasteiger partial charge >= 0.3 is 5.97 Å². The Kier molecular flexibility index (Phi) is 3.30. The third-order valence-corrected chi connectivity index (χ3v) is 2.72. The van der Waals surface area contributed by atoms with Gasteiger partial charge in [-0.25, -0.2) is 4.79 Å². The number of aliphatic carboxylic acids is 1. The molecule has 2 N–H and O–H groups in total. The van der Waals surface area contributed by atoms with Crippen LogP contribution in [0.15, 0.2) is 42.0 Å². The van der Waals surface area contributed by atoms with Crippen LogP contribution in [0.4, 0.5) is 0 Å². The minimum absolute atomic E-state index is 0.00811. The van der Waals surface area contributed by atoms with Gasteiger partial charge in [-0.1, -0.05) is 24.3 Å². The summed E-state index contributed by atoms with van der Waals surface area (Å²) in [6.45, 7) is 0. The van der Waals surface area contributed by atoms with E-state index in [1.165, 1.54) is 24.3 Å². The molecule has 0 radical (unpaired) electrons. The highest BCUT2D eigenvalue weighted by atomic mass is 16.4. The predicted octanol–water partition coefficient (Wildman–Crippen LogP) is 0.931. The number of carboxylic acid groups (broad SMARTS) is 1. The molecular weight excluding hydrogens is 264 g/mol. The number of benzene rings is 1. The molecule has 100 valence electrons. The van der Waals surface area contributed by atoms with Gasteiger partial charge in [-0.3, -0.25) is 14.4 Å². The Labute approximate surface area is 112 Å². The molecule has 0 spiro atoms. The SMILES string of the molecule is O=C(O)/C=C/C(=O)C1=C(O)c2ccccc2C(=O)C1=O. The van der Waals surface area contributed by atoms with Crippen molar-refractivity contribution < 1.29 is 29.4 Å². The molecule has 1 aliphatic carbocycles. The van der Waals surface area contributed by atoms with Crippen LogP contribution < -0.4 is 0 Å². The topological polar surface area (TPSA) is 109 Å². The molecule has 6 nitrogen and oxygen atoms in total. The molecular formula is C14H8O6. The van der Waals surface area contributed by atoms with Crippen molar-refractivity contribution >= 4 is 29.1 Å². The van der Waals surface area contributed by atoms with Crippen LogP contribution in [0.1, 0.15) is 15.9 Å². The smallest absolute Gasteiger partial charge is 0.328 e. The third kappa shape index (κ3) is 2.14. The lowest BCUT2D eigenvalue weighted by Gasteiger charge is -2.15. The van der Waals surface area contributed by atoms with Crippen molar-refractivity contribution in [2.24, 2.45) is 0 Å². The Bertz CT molecular complexity index is 708. The van der Waals surface area contributed by atoms with Gasteiger partial charge in [0.1, 0.15) is 11.3 Å². The summed E-state index contributed by atoms with van der Waals surface area (Å²) in [5, 5.41) is 18.4. The first-order chi connectivity index (χ1) is 9.43. The fraction of sp³-hybridized carbons (Fsp3) is 0. The van der Waals surface area contributed by atoms with Crippen molar-refractivity contribution in [2.45, 2.75) is 0 Å². The molecule has 0 bridgehead atoms. The Hall–Kier alpha value is -3.02. The maximum atomic E-state index is 11.8. The summed E-state index contributed by atoms with van der Waals surface area (Å²) in [7, 11) is 0. The first kappa shape index (κ1) is 13.4. The molecule has 0 saturated heterocycles. The zero-order valence-electron chi connectivity index (χ0n) is 9.99. The van der Waals surface area contributed by atoms with E-state index in [2.05, 4.69) is 0 Å². The minimum Gasteiger partial charge on any atom is -0.506 e. The summed E-state index contributed by atoms with van der Waals surface area (Å²) >= 11 is 0. The molecule has 0 aromatic heterocycles. The number of hydrogen-bond acceptors (Lipinski definition) is 5. The van der Waals surface area contributed by atoms with Gasteiger partial charge in [0.25, 0.3) is 0 Å². The second-order valence-corrected chi connectivity index (χ2v) is 3.96. The second kappa shape index (κ2) is 4.93. The Morgan fingerprint density at radius 1 is 0.950 bits per heavy atom. The number of hydrogen-bond donors (Lipinski definition) is 2. The molecule has 0 atom stereocenters. The summed E-state index contributed by atoms with van der Waals surface area (Å²) in [6.07, 6.45) is 1.15. The average molecular weight is 272 g/mol. The van der Waals surface area contributed by atoms with Crippen LogP contribution in [0.3, 0.4) is 0 Å². The summed E-state index contributed by atoms with van der Waals surface area (Å²) < 4.78 is 0. The number of Topliss-reactive ketones (excluding diaryl/α,β-unsaturated/α-hetero) is 2. The first-order valence-corrected chi connectivity index (χ1v) is 5.50. The lowest BCUT2D eigenvalue weighted by molar-refractivity contribution is -0.131. The van der Waals surface area contributed by atoms with Crippen LogP contribution in [0.5, 0.6) is 0 Å². The van der Waals surface area contributed by atoms with E-state index in [1.54, 1.807) is 0 Å². The maximum Gasteiger partial charge on any atom is 0.328 e. The van der Waals surface area contributed by atoms with Crippen LogP contribution in [0, 0.1) is 0 Å². The van der Waals surface area contributed by atoms with Gasteiger partial charge < -0.3 is 10.2 Å². The van der Waals surface area contributed by atoms with E-state index in [0.29, 0.717) is 12.2 Å². The Morgan fingerprint density at radius 2 is 1.55 bits per heavy atom. The van der Waals surface area contributed by atoms with E-state index in [1.807, 2.05) is 0 Å². The van der Waals surface area contributed by atoms with Crippen molar-refractivity contribution in [3.8, 4) is 0 Å². The highest BCUT2D eigenvalue weighted by Gasteiger charge is 2.35. The summed E-state index contributed by atoms with van der Waals surface area (Å²) in [5.74, 6) is -5.09. The second-order valence-electron chi connectivity index (χ2n) is 3.96. The molecule has 0 unspecified atom stereocenters. The molecule has 0 heterocycles. The summed E-state index contributed by atoms with van der Waals surface area (Å²) in [4.78, 5) is 45.7. The van der Waals surface area contributed by atoms with E-state index in [-0.39, 0.29) is 11.1 Å². The molecule has 2 rings (SSSR count). The number of allylic oxidation sites excluding steroid dienone is 2. The monoisotopic (exact) mass is 272 g/mol. The largest absolute Gasteiger partial charge is 0.506 e. The average Bonchev–Trinajstić information content (AvgIpc) is 2.43. The molecule has 1 aromatic carbocycles. The maximum absolute atomic E-state index is 11.8. The molecule has 1 aromatic rings. The Balaban J connectivity index is 2.58. The quantitative estimate of drug-likeness (QED) is 0.481. The van der Waals surface area contributed by atoms with Crippen molar-refractivity contribution in [3.63, 3.8) is 0 Å². The Morgan fingerprint density at radius 3 is 2.15 bits per heavy atom. The van der Waals surface area contributed by atoms with Gasteiger partial charge in [-0.2, -0.15) is 0 Å². The van der Waals surface area contributed by atoms with Crippen LogP contribution in [0.25, 0.3) is 5.76 Å². The fourth-order valence-corrected chi connectivity index (χ4v) is 1.82. The predicted molar refractivity (Wildman–Crippen MR) is 67.1 cm³/mol. The molecule has 0 saturated carbocycles.